The first kappa shape index (κ1) is 11.5. The minimum absolute atomic E-state index is 0.141. The van der Waals surface area contributed by atoms with E-state index < -0.39 is 5.97 Å². The third kappa shape index (κ3) is 2.78. The Balaban J connectivity index is 2.00. The van der Waals surface area contributed by atoms with Crippen LogP contribution in [0.4, 0.5) is 0 Å². The molecule has 4 nitrogen and oxygen atoms in total. The molecule has 88 valence electrons. The lowest BCUT2D eigenvalue weighted by atomic mass is 10.2. The fourth-order valence-electron chi connectivity index (χ4n) is 1.98. The number of nitrogens with zero attached hydrogens (tertiary/aromatic N) is 1. The van der Waals surface area contributed by atoms with Crippen molar-refractivity contribution in [3.63, 3.8) is 0 Å². The Morgan fingerprint density at radius 1 is 1.19 bits per heavy atom. The van der Waals surface area contributed by atoms with Crippen molar-refractivity contribution in [2.45, 2.75) is 31.3 Å². The predicted octanol–water partition coefficient (Wildman–Crippen LogP) is 1.12. The highest BCUT2D eigenvalue weighted by Crippen LogP contribution is 2.33. The van der Waals surface area contributed by atoms with Crippen LogP contribution in [-0.4, -0.2) is 45.5 Å². The molecular weight excluding hydrogens is 226 g/mol. The van der Waals surface area contributed by atoms with Crippen molar-refractivity contribution >= 4 is 23.6 Å². The van der Waals surface area contributed by atoms with Crippen LogP contribution in [0.3, 0.4) is 0 Å². The third-order valence-corrected chi connectivity index (χ3v) is 4.01. The van der Waals surface area contributed by atoms with Crippen LogP contribution in [0.1, 0.15) is 19.3 Å². The van der Waals surface area contributed by atoms with Gasteiger partial charge in [0, 0.05) is 30.0 Å². The lowest BCUT2D eigenvalue weighted by Gasteiger charge is -2.27. The van der Waals surface area contributed by atoms with Gasteiger partial charge in [0.15, 0.2) is 0 Å². The molecule has 1 atom stereocenters. The van der Waals surface area contributed by atoms with E-state index in [2.05, 4.69) is 0 Å². The summed E-state index contributed by atoms with van der Waals surface area (Å²) in [4.78, 5) is 24.1. The van der Waals surface area contributed by atoms with Crippen molar-refractivity contribution in [3.05, 3.63) is 12.2 Å². The second kappa shape index (κ2) is 4.91. The summed E-state index contributed by atoms with van der Waals surface area (Å²) in [6.45, 7) is 0. The maximum atomic E-state index is 11.9. The largest absolute Gasteiger partial charge is 0.478 e. The summed E-state index contributed by atoms with van der Waals surface area (Å²) >= 11 is 1.86. The zero-order valence-electron chi connectivity index (χ0n) is 8.96. The number of carbonyl (C=O) groups is 2. The highest BCUT2D eigenvalue weighted by Gasteiger charge is 2.37. The number of carbonyl (C=O) groups excluding carboxylic acids is 1. The van der Waals surface area contributed by atoms with Gasteiger partial charge in [0.1, 0.15) is 0 Å². The van der Waals surface area contributed by atoms with E-state index in [4.69, 9.17) is 5.11 Å². The lowest BCUT2D eigenvalue weighted by Crippen LogP contribution is -2.41. The number of amides is 1. The second-order valence-corrected chi connectivity index (χ2v) is 5.32. The van der Waals surface area contributed by atoms with Crippen LogP contribution >= 0.6 is 11.8 Å². The maximum Gasteiger partial charge on any atom is 0.328 e. The number of hydrogen-bond acceptors (Lipinski definition) is 3. The fourth-order valence-corrected chi connectivity index (χ4v) is 3.19. The standard InChI is InChI=1S/C11H15NO3S/c13-10(3-4-11(14)15)12(8-1-2-8)9-5-6-16-7-9/h3-4,8-9H,1-2,5-7H2,(H,14,15)/b4-3+/t9-/m1/s1. The Bertz CT molecular complexity index is 319. The fraction of sp³-hybridized carbons (Fsp3) is 0.636. The summed E-state index contributed by atoms with van der Waals surface area (Å²) in [5.41, 5.74) is 0. The Labute approximate surface area is 98.7 Å². The summed E-state index contributed by atoms with van der Waals surface area (Å²) in [5, 5.41) is 8.50. The molecule has 1 heterocycles. The summed E-state index contributed by atoms with van der Waals surface area (Å²) in [5.74, 6) is 0.884. The van der Waals surface area contributed by atoms with Crippen LogP contribution in [-0.2, 0) is 9.59 Å². The normalized spacial score (nSPS) is 24.9. The molecule has 5 heteroatoms. The van der Waals surface area contributed by atoms with Gasteiger partial charge >= 0.3 is 5.97 Å². The highest BCUT2D eigenvalue weighted by atomic mass is 32.2. The molecule has 0 radical (unpaired) electrons. The first-order valence-electron chi connectivity index (χ1n) is 5.49. The van der Waals surface area contributed by atoms with Gasteiger partial charge in [0.25, 0.3) is 0 Å². The zero-order chi connectivity index (χ0) is 11.5. The number of rotatable bonds is 4. The van der Waals surface area contributed by atoms with Gasteiger partial charge in [-0.15, -0.1) is 0 Å². The molecule has 1 saturated heterocycles. The topological polar surface area (TPSA) is 57.6 Å². The van der Waals surface area contributed by atoms with Crippen LogP contribution < -0.4 is 0 Å². The molecule has 0 bridgehead atoms. The molecule has 0 aromatic heterocycles. The molecule has 16 heavy (non-hydrogen) atoms. The maximum absolute atomic E-state index is 11.9. The average Bonchev–Trinajstić information content (AvgIpc) is 2.91. The van der Waals surface area contributed by atoms with Crippen molar-refractivity contribution in [1.82, 2.24) is 4.90 Å². The van der Waals surface area contributed by atoms with E-state index in [9.17, 15) is 9.59 Å². The second-order valence-electron chi connectivity index (χ2n) is 4.17. The minimum atomic E-state index is -1.06. The van der Waals surface area contributed by atoms with E-state index in [1.165, 1.54) is 6.08 Å². The molecule has 0 unspecified atom stereocenters. The molecule has 2 fully saturated rings. The SMILES string of the molecule is O=C(O)/C=C/C(=O)N(C1CC1)[C@@H]1CCSC1. The number of hydrogen-bond donors (Lipinski definition) is 1. The highest BCUT2D eigenvalue weighted by molar-refractivity contribution is 7.99. The van der Waals surface area contributed by atoms with E-state index >= 15 is 0 Å². The van der Waals surface area contributed by atoms with E-state index in [-0.39, 0.29) is 5.91 Å². The van der Waals surface area contributed by atoms with Crippen LogP contribution in [0.15, 0.2) is 12.2 Å². The Morgan fingerprint density at radius 2 is 1.94 bits per heavy atom. The van der Waals surface area contributed by atoms with Crippen molar-refractivity contribution in [1.29, 1.82) is 0 Å². The van der Waals surface area contributed by atoms with Crippen molar-refractivity contribution in [2.24, 2.45) is 0 Å². The van der Waals surface area contributed by atoms with Gasteiger partial charge in [-0.05, 0) is 25.0 Å². The first-order chi connectivity index (χ1) is 7.68. The van der Waals surface area contributed by atoms with E-state index in [0.717, 1.165) is 36.8 Å². The van der Waals surface area contributed by atoms with Gasteiger partial charge in [0.2, 0.25) is 5.91 Å². The summed E-state index contributed by atoms with van der Waals surface area (Å²) < 4.78 is 0. The Morgan fingerprint density at radius 3 is 2.44 bits per heavy atom. The van der Waals surface area contributed by atoms with E-state index in [0.29, 0.717) is 12.1 Å². The molecular formula is C11H15NO3S. The van der Waals surface area contributed by atoms with Crippen LogP contribution in [0.25, 0.3) is 0 Å². The van der Waals surface area contributed by atoms with Crippen molar-refractivity contribution in [3.8, 4) is 0 Å². The number of carboxylic acids is 1. The van der Waals surface area contributed by atoms with Gasteiger partial charge in [-0.1, -0.05) is 0 Å². The Hall–Kier alpha value is -0.970. The van der Waals surface area contributed by atoms with E-state index in [1.807, 2.05) is 16.7 Å². The van der Waals surface area contributed by atoms with Crippen LogP contribution in [0.5, 0.6) is 0 Å². The molecule has 1 aliphatic carbocycles. The Kier molecular flexibility index (Phi) is 3.53. The summed E-state index contributed by atoms with van der Waals surface area (Å²) in [6, 6.07) is 0.665. The van der Waals surface area contributed by atoms with Gasteiger partial charge in [0.05, 0.1) is 0 Å². The predicted molar refractivity (Wildman–Crippen MR) is 62.4 cm³/mol. The molecule has 0 aromatic carbocycles. The third-order valence-electron chi connectivity index (χ3n) is 2.86. The molecule has 1 N–H and O–H groups in total. The average molecular weight is 241 g/mol. The molecule has 0 aromatic rings. The van der Waals surface area contributed by atoms with Gasteiger partial charge in [-0.25, -0.2) is 4.79 Å². The van der Waals surface area contributed by atoms with Crippen LogP contribution in [0.2, 0.25) is 0 Å². The molecule has 2 rings (SSSR count). The summed E-state index contributed by atoms with van der Waals surface area (Å²) in [6.07, 6.45) is 5.28. The summed E-state index contributed by atoms with van der Waals surface area (Å²) in [7, 11) is 0. The molecule has 0 spiro atoms. The number of carboxylic acid groups (broad SMARTS) is 1. The van der Waals surface area contributed by atoms with Crippen molar-refractivity contribution in [2.75, 3.05) is 11.5 Å². The zero-order valence-corrected chi connectivity index (χ0v) is 9.78. The minimum Gasteiger partial charge on any atom is -0.478 e. The molecule has 1 aliphatic heterocycles. The lowest BCUT2D eigenvalue weighted by molar-refractivity contribution is -0.132. The molecule has 1 amide bonds. The quantitative estimate of drug-likeness (QED) is 0.749. The van der Waals surface area contributed by atoms with Gasteiger partial charge in [-0.2, -0.15) is 11.8 Å². The smallest absolute Gasteiger partial charge is 0.328 e. The number of aliphatic carboxylic acids is 1. The first-order valence-corrected chi connectivity index (χ1v) is 6.65. The van der Waals surface area contributed by atoms with E-state index in [1.54, 1.807) is 0 Å². The van der Waals surface area contributed by atoms with Crippen LogP contribution in [0, 0.1) is 0 Å². The molecule has 1 saturated carbocycles. The van der Waals surface area contributed by atoms with Crippen molar-refractivity contribution < 1.29 is 14.7 Å². The van der Waals surface area contributed by atoms with Gasteiger partial charge < -0.3 is 10.0 Å². The molecule has 2 aliphatic rings. The van der Waals surface area contributed by atoms with Gasteiger partial charge in [-0.3, -0.25) is 4.79 Å². The number of thioether (sulfide) groups is 1. The monoisotopic (exact) mass is 241 g/mol.